The fourth-order valence-electron chi connectivity index (χ4n) is 1.03. The average molecular weight is 195 g/mol. The van der Waals surface area contributed by atoms with Gasteiger partial charge in [-0.3, -0.25) is 0 Å². The van der Waals surface area contributed by atoms with Gasteiger partial charge in [0.15, 0.2) is 0 Å². The summed E-state index contributed by atoms with van der Waals surface area (Å²) < 4.78 is 4.62. The van der Waals surface area contributed by atoms with Crippen LogP contribution in [0.1, 0.15) is 26.7 Å². The highest BCUT2D eigenvalue weighted by atomic mass is 35.5. The molecule has 0 fully saturated rings. The van der Waals surface area contributed by atoms with Gasteiger partial charge >= 0.3 is 5.43 Å². The van der Waals surface area contributed by atoms with Crippen molar-refractivity contribution < 1.29 is 14.6 Å². The van der Waals surface area contributed by atoms with Gasteiger partial charge in [0.25, 0.3) is 0 Å². The molecule has 0 saturated carbocycles. The van der Waals surface area contributed by atoms with Crippen LogP contribution < -0.4 is 0 Å². The highest BCUT2D eigenvalue weighted by Crippen LogP contribution is 2.22. The first kappa shape index (κ1) is 11.7. The van der Waals surface area contributed by atoms with Gasteiger partial charge in [-0.25, -0.2) is 4.79 Å². The Bertz CT molecular complexity index is 149. The Morgan fingerprint density at radius 3 is 2.58 bits per heavy atom. The van der Waals surface area contributed by atoms with Crippen LogP contribution in [-0.4, -0.2) is 23.7 Å². The lowest BCUT2D eigenvalue weighted by molar-refractivity contribution is 0.0531. The summed E-state index contributed by atoms with van der Waals surface area (Å²) in [5.41, 5.74) is -1.16. The van der Waals surface area contributed by atoms with Crippen molar-refractivity contribution in [3.05, 3.63) is 0 Å². The van der Waals surface area contributed by atoms with Gasteiger partial charge in [0.2, 0.25) is 0 Å². The molecule has 0 aromatic heterocycles. The van der Waals surface area contributed by atoms with Crippen molar-refractivity contribution in [1.82, 2.24) is 0 Å². The molecule has 0 amide bonds. The van der Waals surface area contributed by atoms with Gasteiger partial charge in [-0.05, 0) is 6.42 Å². The lowest BCUT2D eigenvalue weighted by Gasteiger charge is -2.25. The molecule has 0 aliphatic rings. The molecular weight excluding hydrogens is 180 g/mol. The van der Waals surface area contributed by atoms with Crippen molar-refractivity contribution in [1.29, 1.82) is 0 Å². The van der Waals surface area contributed by atoms with Crippen LogP contribution in [0, 0.1) is 5.41 Å². The largest absolute Gasteiger partial charge is 0.453 e. The predicted octanol–water partition coefficient (Wildman–Crippen LogP) is 2.16. The van der Waals surface area contributed by atoms with Crippen molar-refractivity contribution in [2.45, 2.75) is 26.7 Å². The highest BCUT2D eigenvalue weighted by Gasteiger charge is 2.23. The number of rotatable bonds is 5. The van der Waals surface area contributed by atoms with Crippen molar-refractivity contribution >= 4 is 17.0 Å². The van der Waals surface area contributed by atoms with Crippen LogP contribution in [0.5, 0.6) is 0 Å². The fraction of sp³-hybridized carbons (Fsp3) is 0.875. The first-order valence-electron chi connectivity index (χ1n) is 3.97. The molecule has 0 aromatic carbocycles. The van der Waals surface area contributed by atoms with E-state index in [0.717, 1.165) is 12.8 Å². The van der Waals surface area contributed by atoms with Crippen molar-refractivity contribution in [2.75, 3.05) is 13.2 Å². The Morgan fingerprint density at radius 2 is 2.25 bits per heavy atom. The SMILES string of the molecule is CCCC(C)(CO)COC(=O)Cl. The average Bonchev–Trinajstić information content (AvgIpc) is 2.02. The third-order valence-electron chi connectivity index (χ3n) is 1.77. The minimum absolute atomic E-state index is 0.00497. The topological polar surface area (TPSA) is 46.5 Å². The lowest BCUT2D eigenvalue weighted by atomic mass is 9.88. The number of aliphatic hydroxyl groups excluding tert-OH is 1. The van der Waals surface area contributed by atoms with Gasteiger partial charge in [-0.1, -0.05) is 20.3 Å². The number of carbonyl (C=O) groups is 1. The maximum atomic E-state index is 10.3. The molecule has 0 spiro atoms. The number of hydrogen-bond acceptors (Lipinski definition) is 3. The van der Waals surface area contributed by atoms with Gasteiger partial charge in [-0.2, -0.15) is 0 Å². The van der Waals surface area contributed by atoms with Crippen molar-refractivity contribution in [2.24, 2.45) is 5.41 Å². The first-order valence-corrected chi connectivity index (χ1v) is 4.35. The number of hydrogen-bond donors (Lipinski definition) is 1. The predicted molar refractivity (Wildman–Crippen MR) is 47.3 cm³/mol. The lowest BCUT2D eigenvalue weighted by Crippen LogP contribution is -2.27. The van der Waals surface area contributed by atoms with Gasteiger partial charge in [0.05, 0.1) is 6.61 Å². The van der Waals surface area contributed by atoms with Crippen LogP contribution in [0.15, 0.2) is 0 Å². The molecule has 0 heterocycles. The summed E-state index contributed by atoms with van der Waals surface area (Å²) in [6.45, 7) is 4.05. The van der Waals surface area contributed by atoms with Gasteiger partial charge in [-0.15, -0.1) is 0 Å². The smallest absolute Gasteiger partial charge is 0.403 e. The van der Waals surface area contributed by atoms with E-state index in [1.54, 1.807) is 0 Å². The number of ether oxygens (including phenoxy) is 1. The van der Waals surface area contributed by atoms with E-state index in [-0.39, 0.29) is 18.6 Å². The summed E-state index contributed by atoms with van der Waals surface area (Å²) in [4.78, 5) is 10.3. The molecule has 0 saturated heterocycles. The Kier molecular flexibility index (Phi) is 5.25. The van der Waals surface area contributed by atoms with Crippen LogP contribution in [0.25, 0.3) is 0 Å². The van der Waals surface area contributed by atoms with E-state index in [0.29, 0.717) is 0 Å². The van der Waals surface area contributed by atoms with E-state index in [1.807, 2.05) is 13.8 Å². The maximum absolute atomic E-state index is 10.3. The number of carbonyl (C=O) groups excluding carboxylic acids is 1. The Hall–Kier alpha value is -0.280. The molecule has 1 atom stereocenters. The standard InChI is InChI=1S/C8H15ClO3/c1-3-4-8(2,5-10)6-12-7(9)11/h10H,3-6H2,1-2H3. The fourth-order valence-corrected chi connectivity index (χ4v) is 1.09. The normalized spacial score (nSPS) is 15.3. The van der Waals surface area contributed by atoms with E-state index in [4.69, 9.17) is 16.7 Å². The molecule has 72 valence electrons. The summed E-state index contributed by atoms with van der Waals surface area (Å²) in [5.74, 6) is 0. The Morgan fingerprint density at radius 1 is 1.67 bits per heavy atom. The molecule has 3 nitrogen and oxygen atoms in total. The van der Waals surface area contributed by atoms with Crippen LogP contribution in [0.2, 0.25) is 0 Å². The van der Waals surface area contributed by atoms with Gasteiger partial charge in [0, 0.05) is 17.0 Å². The van der Waals surface area contributed by atoms with E-state index in [1.165, 1.54) is 0 Å². The number of halogens is 1. The molecule has 0 bridgehead atoms. The Labute approximate surface area is 77.7 Å². The second kappa shape index (κ2) is 5.38. The van der Waals surface area contributed by atoms with E-state index in [9.17, 15) is 4.79 Å². The third-order valence-corrected chi connectivity index (χ3v) is 1.88. The zero-order chi connectivity index (χ0) is 9.61. The minimum Gasteiger partial charge on any atom is -0.453 e. The first-order chi connectivity index (χ1) is 5.54. The van der Waals surface area contributed by atoms with Gasteiger partial charge in [0.1, 0.15) is 6.61 Å². The summed E-state index contributed by atoms with van der Waals surface area (Å²) in [7, 11) is 0. The van der Waals surface area contributed by atoms with Crippen molar-refractivity contribution in [3.8, 4) is 0 Å². The van der Waals surface area contributed by atoms with Crippen LogP contribution in [-0.2, 0) is 4.74 Å². The summed E-state index contributed by atoms with van der Waals surface area (Å²) >= 11 is 5.00. The van der Waals surface area contributed by atoms with E-state index >= 15 is 0 Å². The Balaban J connectivity index is 3.86. The van der Waals surface area contributed by atoms with Gasteiger partial charge < -0.3 is 9.84 Å². The minimum atomic E-state index is -0.814. The molecule has 12 heavy (non-hydrogen) atoms. The summed E-state index contributed by atoms with van der Waals surface area (Å²) in [6, 6.07) is 0. The second-order valence-electron chi connectivity index (χ2n) is 3.25. The molecule has 1 unspecified atom stereocenters. The van der Waals surface area contributed by atoms with E-state index < -0.39 is 5.43 Å². The molecule has 0 aromatic rings. The quantitative estimate of drug-likeness (QED) is 0.683. The molecule has 0 rings (SSSR count). The second-order valence-corrected chi connectivity index (χ2v) is 3.55. The molecule has 0 radical (unpaired) electrons. The van der Waals surface area contributed by atoms with E-state index in [2.05, 4.69) is 4.74 Å². The van der Waals surface area contributed by atoms with Crippen LogP contribution in [0.4, 0.5) is 4.79 Å². The van der Waals surface area contributed by atoms with Crippen LogP contribution in [0.3, 0.4) is 0 Å². The summed E-state index contributed by atoms with van der Waals surface area (Å²) in [6.07, 6.45) is 1.75. The highest BCUT2D eigenvalue weighted by molar-refractivity contribution is 6.61. The summed E-state index contributed by atoms with van der Waals surface area (Å²) in [5, 5.41) is 8.99. The van der Waals surface area contributed by atoms with Crippen molar-refractivity contribution in [3.63, 3.8) is 0 Å². The molecule has 0 aliphatic carbocycles. The zero-order valence-electron chi connectivity index (χ0n) is 7.47. The monoisotopic (exact) mass is 194 g/mol. The molecule has 4 heteroatoms. The zero-order valence-corrected chi connectivity index (χ0v) is 8.23. The maximum Gasteiger partial charge on any atom is 0.403 e. The molecular formula is C8H15ClO3. The number of aliphatic hydroxyl groups is 1. The molecule has 0 aliphatic heterocycles. The third kappa shape index (κ3) is 4.57. The van der Waals surface area contributed by atoms with Crippen LogP contribution >= 0.6 is 11.6 Å². The molecule has 1 N–H and O–H groups in total.